The molecule has 486 valence electrons. The number of ether oxygens (including phenoxy) is 9. The quantitative estimate of drug-likeness (QED) is 0.0391. The zero-order chi connectivity index (χ0) is 64.7. The summed E-state index contributed by atoms with van der Waals surface area (Å²) in [6.07, 6.45) is 11.9. The van der Waals surface area contributed by atoms with Crippen molar-refractivity contribution in [2.75, 3.05) is 97.0 Å². The van der Waals surface area contributed by atoms with Crippen LogP contribution >= 0.6 is 0 Å². The standard InChI is InChI=1S/C65H84N8O17/c1-9-13-44-31-47-37-67-50-35-55(53(82-7)33-48(50)62(78)71(47)38-44)88-21-12-22-89-56-36-51-49(34-54(56)83-8)63(79)72-39-45(14-10-2)32-52(72)64(80)73(51)65(81)90-40-43-15-17-46(18-16-43)69-60(76)42(6)68-61(77)59(41(4)5)70-58(75)19-23-84-25-27-86-29-30-87-28-26-85-24-20-66-57(74)11-3/h9-10,13-18,33-39,41-42,47,52,59,64,80H,11-12,19-32,40H2,1-8H3,(H,66,74)(H,68,77)(H,69,76)(H,70,75)/b13-9+,14-10+/t42?,47?,52-,59-,64?/m0/s1. The number of carbonyl (C=O) groups is 7. The van der Waals surface area contributed by atoms with Gasteiger partial charge in [-0.05, 0) is 80.5 Å². The Morgan fingerprint density at radius 3 is 1.90 bits per heavy atom. The molecule has 25 heteroatoms. The first-order valence-electron chi connectivity index (χ1n) is 30.3. The van der Waals surface area contributed by atoms with Gasteiger partial charge in [0.1, 0.15) is 18.7 Å². The van der Waals surface area contributed by atoms with Crippen LogP contribution in [0.15, 0.2) is 101 Å². The van der Waals surface area contributed by atoms with Crippen LogP contribution in [0.5, 0.6) is 23.0 Å². The summed E-state index contributed by atoms with van der Waals surface area (Å²) in [5, 5.41) is 23.0. The lowest BCUT2D eigenvalue weighted by Crippen LogP contribution is -2.53. The van der Waals surface area contributed by atoms with Crippen LogP contribution in [-0.2, 0) is 49.5 Å². The fourth-order valence-electron chi connectivity index (χ4n) is 10.1. The van der Waals surface area contributed by atoms with Crippen LogP contribution in [0.1, 0.15) is 99.9 Å². The van der Waals surface area contributed by atoms with Crippen molar-refractivity contribution in [2.24, 2.45) is 10.9 Å². The Labute approximate surface area is 524 Å². The zero-order valence-corrected chi connectivity index (χ0v) is 52.4. The highest BCUT2D eigenvalue weighted by molar-refractivity contribution is 6.07. The van der Waals surface area contributed by atoms with E-state index in [2.05, 4.69) is 26.3 Å². The first-order chi connectivity index (χ1) is 43.5. The van der Waals surface area contributed by atoms with Crippen molar-refractivity contribution >= 4 is 64.8 Å². The predicted molar refractivity (Wildman–Crippen MR) is 334 cm³/mol. The molecule has 7 rings (SSSR count). The number of hydrogen-bond acceptors (Lipinski definition) is 18. The van der Waals surface area contributed by atoms with Crippen molar-refractivity contribution in [1.82, 2.24) is 25.8 Å². The minimum Gasteiger partial charge on any atom is -0.493 e. The van der Waals surface area contributed by atoms with Crippen LogP contribution in [0.2, 0.25) is 0 Å². The average Bonchev–Trinajstić information content (AvgIpc) is 1.62. The molecule has 3 aromatic carbocycles. The van der Waals surface area contributed by atoms with E-state index in [1.54, 1.807) is 74.5 Å². The summed E-state index contributed by atoms with van der Waals surface area (Å²) < 4.78 is 51.4. The Hall–Kier alpha value is -8.62. The molecule has 25 nitrogen and oxygen atoms in total. The second-order valence-corrected chi connectivity index (χ2v) is 21.7. The minimum absolute atomic E-state index is 0.00228. The fraction of sp³-hybridized carbons (Fsp3) is 0.477. The van der Waals surface area contributed by atoms with E-state index in [1.165, 1.54) is 38.2 Å². The first-order valence-corrected chi connectivity index (χ1v) is 30.3. The van der Waals surface area contributed by atoms with Crippen LogP contribution in [0.3, 0.4) is 0 Å². The van der Waals surface area contributed by atoms with Crippen molar-refractivity contribution in [1.29, 1.82) is 0 Å². The molecule has 0 saturated heterocycles. The van der Waals surface area contributed by atoms with Gasteiger partial charge in [0.05, 0.1) is 115 Å². The topological polar surface area (TPSA) is 293 Å². The molecule has 0 radical (unpaired) electrons. The summed E-state index contributed by atoms with van der Waals surface area (Å²) in [4.78, 5) is 102. The maximum absolute atomic E-state index is 14.4. The van der Waals surface area contributed by atoms with Crippen molar-refractivity contribution in [2.45, 2.75) is 111 Å². The van der Waals surface area contributed by atoms with Crippen molar-refractivity contribution in [3.05, 3.63) is 113 Å². The highest BCUT2D eigenvalue weighted by Gasteiger charge is 2.45. The zero-order valence-electron chi connectivity index (χ0n) is 52.4. The highest BCUT2D eigenvalue weighted by Crippen LogP contribution is 2.43. The van der Waals surface area contributed by atoms with E-state index < -0.39 is 54.1 Å². The van der Waals surface area contributed by atoms with Gasteiger partial charge in [-0.25, -0.2) is 9.69 Å². The lowest BCUT2D eigenvalue weighted by atomic mass is 10.0. The molecular weight excluding hydrogens is 1160 g/mol. The van der Waals surface area contributed by atoms with Gasteiger partial charge in [-0.3, -0.25) is 33.8 Å². The number of fused-ring (bicyclic) bond motifs is 4. The largest absolute Gasteiger partial charge is 0.493 e. The molecule has 90 heavy (non-hydrogen) atoms. The summed E-state index contributed by atoms with van der Waals surface area (Å²) in [7, 11) is 2.91. The Morgan fingerprint density at radius 1 is 0.689 bits per heavy atom. The SMILES string of the molecule is C/C=C/C1=CN2C(=O)c3cc(OC)c(OCCCOc4cc5c(cc4OC)C(=O)N4C=C(/C=C/C)C[C@H]4C(O)N5C(=O)OCc4ccc(NC(=O)C(C)NC(=O)[C@@H](NC(=O)CCOCCOCCOCCOCCNC(=O)CC)C(C)C)cc4)cc3N=CC2C1. The lowest BCUT2D eigenvalue weighted by molar-refractivity contribution is -0.132. The van der Waals surface area contributed by atoms with E-state index in [0.717, 1.165) is 16.0 Å². The normalized spacial score (nSPS) is 17.4. The van der Waals surface area contributed by atoms with Crippen molar-refractivity contribution in [3.8, 4) is 23.0 Å². The molecule has 0 spiro atoms. The number of aliphatic hydroxyl groups excluding tert-OH is 1. The molecule has 0 bridgehead atoms. The average molecular weight is 1250 g/mol. The fourth-order valence-corrected chi connectivity index (χ4v) is 10.1. The van der Waals surface area contributed by atoms with Crippen LogP contribution in [-0.4, -0.2) is 180 Å². The minimum atomic E-state index is -1.57. The van der Waals surface area contributed by atoms with Gasteiger partial charge in [0, 0.05) is 62.2 Å². The molecule has 0 fully saturated rings. The third-order valence-corrected chi connectivity index (χ3v) is 14.8. The number of nitrogens with one attached hydrogen (secondary N) is 4. The molecule has 3 aromatic rings. The molecule has 3 unspecified atom stereocenters. The van der Waals surface area contributed by atoms with Gasteiger partial charge in [-0.1, -0.05) is 57.2 Å². The van der Waals surface area contributed by atoms with E-state index in [0.29, 0.717) is 99.4 Å². The van der Waals surface area contributed by atoms with E-state index in [1.807, 2.05) is 44.4 Å². The molecule has 0 aromatic heterocycles. The van der Waals surface area contributed by atoms with Gasteiger partial charge in [0.2, 0.25) is 23.6 Å². The van der Waals surface area contributed by atoms with Gasteiger partial charge in [0.25, 0.3) is 11.8 Å². The maximum atomic E-state index is 14.4. The van der Waals surface area contributed by atoms with Crippen LogP contribution in [0.25, 0.3) is 0 Å². The summed E-state index contributed by atoms with van der Waals surface area (Å²) in [6.45, 7) is 13.6. The summed E-state index contributed by atoms with van der Waals surface area (Å²) in [5.74, 6) is -1.40. The molecule has 4 aliphatic rings. The predicted octanol–water partition coefficient (Wildman–Crippen LogP) is 6.66. The molecule has 4 heterocycles. The number of carbonyl (C=O) groups excluding carboxylic acids is 7. The van der Waals surface area contributed by atoms with Gasteiger partial charge in [0.15, 0.2) is 29.2 Å². The van der Waals surface area contributed by atoms with Crippen molar-refractivity contribution in [3.63, 3.8) is 0 Å². The number of benzene rings is 3. The molecule has 5 atom stereocenters. The van der Waals surface area contributed by atoms with E-state index in [4.69, 9.17) is 42.6 Å². The number of hydrogen-bond donors (Lipinski definition) is 5. The van der Waals surface area contributed by atoms with Gasteiger partial charge in [-0.2, -0.15) is 0 Å². The maximum Gasteiger partial charge on any atom is 0.416 e. The van der Waals surface area contributed by atoms with Crippen LogP contribution < -0.4 is 45.1 Å². The monoisotopic (exact) mass is 1250 g/mol. The van der Waals surface area contributed by atoms with Gasteiger partial charge >= 0.3 is 6.09 Å². The second-order valence-electron chi connectivity index (χ2n) is 21.7. The lowest BCUT2D eigenvalue weighted by Gasteiger charge is -2.31. The van der Waals surface area contributed by atoms with E-state index >= 15 is 0 Å². The smallest absolute Gasteiger partial charge is 0.416 e. The Balaban J connectivity index is 0.888. The number of allylic oxidation sites excluding steroid dienone is 4. The summed E-state index contributed by atoms with van der Waals surface area (Å²) >= 11 is 0. The number of rotatable bonds is 34. The number of aliphatic imine (C=N–C) groups is 1. The molecule has 0 aliphatic carbocycles. The number of aliphatic hydroxyl groups is 1. The number of methoxy groups -OCH3 is 2. The summed E-state index contributed by atoms with van der Waals surface area (Å²) in [5.41, 5.74) is 3.59. The van der Waals surface area contributed by atoms with Crippen LogP contribution in [0.4, 0.5) is 21.9 Å². The van der Waals surface area contributed by atoms with E-state index in [-0.39, 0.29) is 92.4 Å². The van der Waals surface area contributed by atoms with Gasteiger partial charge in [-0.15, -0.1) is 0 Å². The highest BCUT2D eigenvalue weighted by atomic mass is 16.6. The number of anilines is 2. The molecule has 0 saturated carbocycles. The third kappa shape index (κ3) is 18.7. The number of nitrogens with zero attached hydrogens (tertiary/aromatic N) is 4. The molecule has 5 N–H and O–H groups in total. The Kier molecular flexibility index (Phi) is 26.3. The Bertz CT molecular complexity index is 3160. The van der Waals surface area contributed by atoms with Crippen LogP contribution in [0, 0.1) is 5.92 Å². The Morgan fingerprint density at radius 2 is 1.28 bits per heavy atom. The molecule has 4 aliphatic heterocycles. The van der Waals surface area contributed by atoms with E-state index in [9.17, 15) is 38.7 Å². The third-order valence-electron chi connectivity index (χ3n) is 14.8. The molecule has 7 amide bonds. The molecular formula is C65H84N8O17. The second kappa shape index (κ2) is 34.4. The first kappa shape index (κ1) is 68.9. The van der Waals surface area contributed by atoms with Crippen molar-refractivity contribution < 1.29 is 81.3 Å². The summed E-state index contributed by atoms with van der Waals surface area (Å²) in [6, 6.07) is 9.66. The number of amides is 7. The van der Waals surface area contributed by atoms with Gasteiger partial charge < -0.3 is 78.8 Å².